The Kier molecular flexibility index (Phi) is 5.46. The maximum absolute atomic E-state index is 12.4. The number of fused-ring (bicyclic) bond motifs is 1. The Morgan fingerprint density at radius 2 is 1.64 bits per heavy atom. The molecular weight excluding hydrogens is 313 g/mol. The number of ether oxygens (including phenoxy) is 1. The summed E-state index contributed by atoms with van der Waals surface area (Å²) in [5.74, 6) is 1.28. The highest BCUT2D eigenvalue weighted by Crippen LogP contribution is 2.42. The summed E-state index contributed by atoms with van der Waals surface area (Å²) in [4.78, 5) is 0. The molecule has 3 aromatic rings. The van der Waals surface area contributed by atoms with E-state index in [1.54, 1.807) is 6.07 Å². The zero-order valence-electron chi connectivity index (χ0n) is 14.3. The molecule has 0 aliphatic heterocycles. The number of benzene rings is 3. The summed E-state index contributed by atoms with van der Waals surface area (Å²) in [6.45, 7) is 3.22. The minimum atomic E-state index is -0.113. The first-order chi connectivity index (χ1) is 12.2. The van der Waals surface area contributed by atoms with Crippen molar-refractivity contribution in [3.63, 3.8) is 0 Å². The number of halogens is 1. The zero-order valence-corrected chi connectivity index (χ0v) is 14.3. The molecule has 0 aromatic heterocycles. The lowest BCUT2D eigenvalue weighted by Gasteiger charge is -2.07. The van der Waals surface area contributed by atoms with Crippen molar-refractivity contribution in [2.75, 3.05) is 0 Å². The summed E-state index contributed by atoms with van der Waals surface area (Å²) >= 11 is 0. The Labute approximate surface area is 148 Å². The summed E-state index contributed by atoms with van der Waals surface area (Å²) in [6.07, 6.45) is 0. The second kappa shape index (κ2) is 7.95. The van der Waals surface area contributed by atoms with Gasteiger partial charge in [-0.25, -0.2) is 4.39 Å². The van der Waals surface area contributed by atoms with Gasteiger partial charge in [0.15, 0.2) is 0 Å². The van der Waals surface area contributed by atoms with Crippen molar-refractivity contribution in [3.8, 4) is 5.75 Å². The molecule has 3 aromatic carbocycles. The number of nitrogens with two attached hydrogens (primary N) is 1. The van der Waals surface area contributed by atoms with Crippen LogP contribution in [0, 0.1) is 5.82 Å². The Morgan fingerprint density at radius 1 is 0.880 bits per heavy atom. The van der Waals surface area contributed by atoms with E-state index in [9.17, 15) is 4.39 Å². The minimum Gasteiger partial charge on any atom is -0.489 e. The Hall–Kier alpha value is -2.65. The number of hydrogen-bond acceptors (Lipinski definition) is 2. The highest BCUT2D eigenvalue weighted by molar-refractivity contribution is 5.51. The molecule has 2 N–H and O–H groups in total. The van der Waals surface area contributed by atoms with Crippen LogP contribution >= 0.6 is 0 Å². The molecule has 0 saturated carbocycles. The Balaban J connectivity index is 0.000000170. The standard InChI is InChI=1S/C14H15NO.C8H7F/c15-10-13-7-4-8-14(9-13)16-11-12-5-2-1-3-6-12;1-5-7-3-2-6(9)4-8(5)7/h1-9H,10-11,15H2;2-5H,1H3. The van der Waals surface area contributed by atoms with E-state index in [1.165, 1.54) is 22.8 Å². The van der Waals surface area contributed by atoms with Crippen molar-refractivity contribution >= 4 is 0 Å². The molecule has 0 radical (unpaired) electrons. The zero-order chi connectivity index (χ0) is 17.6. The molecule has 1 aliphatic carbocycles. The molecule has 3 heteroatoms. The maximum Gasteiger partial charge on any atom is 0.123 e. The van der Waals surface area contributed by atoms with Gasteiger partial charge in [-0.1, -0.05) is 55.5 Å². The fourth-order valence-electron chi connectivity index (χ4n) is 2.70. The second-order valence-corrected chi connectivity index (χ2v) is 6.12. The van der Waals surface area contributed by atoms with Crippen molar-refractivity contribution < 1.29 is 9.13 Å². The lowest BCUT2D eigenvalue weighted by Crippen LogP contribution is -1.98. The van der Waals surface area contributed by atoms with Crippen LogP contribution in [0.15, 0.2) is 72.8 Å². The molecule has 4 rings (SSSR count). The van der Waals surface area contributed by atoms with Gasteiger partial charge in [0.05, 0.1) is 0 Å². The molecule has 1 unspecified atom stereocenters. The van der Waals surface area contributed by atoms with Crippen LogP contribution in [0.4, 0.5) is 4.39 Å². The Morgan fingerprint density at radius 3 is 2.32 bits per heavy atom. The van der Waals surface area contributed by atoms with Gasteiger partial charge >= 0.3 is 0 Å². The van der Waals surface area contributed by atoms with Crippen LogP contribution in [0.2, 0.25) is 0 Å². The molecule has 0 fully saturated rings. The fraction of sp³-hybridized carbons (Fsp3) is 0.182. The molecule has 0 heterocycles. The van der Waals surface area contributed by atoms with E-state index in [1.807, 2.05) is 60.7 Å². The van der Waals surface area contributed by atoms with Crippen LogP contribution < -0.4 is 10.5 Å². The van der Waals surface area contributed by atoms with Crippen molar-refractivity contribution in [2.45, 2.75) is 26.0 Å². The topological polar surface area (TPSA) is 35.2 Å². The van der Waals surface area contributed by atoms with Gasteiger partial charge < -0.3 is 10.5 Å². The molecule has 1 atom stereocenters. The summed E-state index contributed by atoms with van der Waals surface area (Å²) < 4.78 is 18.1. The van der Waals surface area contributed by atoms with Crippen molar-refractivity contribution in [1.82, 2.24) is 0 Å². The SMILES string of the molecule is CC1c2ccc(F)cc21.NCc1cccc(OCc2ccccc2)c1. The summed E-state index contributed by atoms with van der Waals surface area (Å²) in [6, 6.07) is 23.0. The molecule has 25 heavy (non-hydrogen) atoms. The third-order valence-electron chi connectivity index (χ3n) is 4.28. The second-order valence-electron chi connectivity index (χ2n) is 6.12. The van der Waals surface area contributed by atoms with Crippen molar-refractivity contribution in [1.29, 1.82) is 0 Å². The van der Waals surface area contributed by atoms with Crippen LogP contribution in [-0.4, -0.2) is 0 Å². The van der Waals surface area contributed by atoms with Gasteiger partial charge in [-0.2, -0.15) is 0 Å². The smallest absolute Gasteiger partial charge is 0.123 e. The molecule has 0 saturated heterocycles. The average Bonchev–Trinajstić information content (AvgIpc) is 3.30. The van der Waals surface area contributed by atoms with E-state index in [0.29, 0.717) is 19.1 Å². The predicted molar refractivity (Wildman–Crippen MR) is 99.0 cm³/mol. The van der Waals surface area contributed by atoms with E-state index in [0.717, 1.165) is 11.3 Å². The van der Waals surface area contributed by atoms with E-state index in [-0.39, 0.29) is 5.82 Å². The van der Waals surface area contributed by atoms with Crippen molar-refractivity contribution in [3.05, 3.63) is 101 Å². The molecule has 128 valence electrons. The minimum absolute atomic E-state index is 0.113. The van der Waals surface area contributed by atoms with E-state index >= 15 is 0 Å². The first-order valence-corrected chi connectivity index (χ1v) is 8.42. The van der Waals surface area contributed by atoms with Crippen LogP contribution in [0.1, 0.15) is 35.1 Å². The van der Waals surface area contributed by atoms with Gasteiger partial charge in [-0.05, 0) is 46.5 Å². The first-order valence-electron chi connectivity index (χ1n) is 8.42. The molecule has 1 aliphatic rings. The monoisotopic (exact) mass is 335 g/mol. The first kappa shape index (κ1) is 17.2. The van der Waals surface area contributed by atoms with E-state index in [2.05, 4.69) is 6.92 Å². The fourth-order valence-corrected chi connectivity index (χ4v) is 2.70. The van der Waals surface area contributed by atoms with E-state index in [4.69, 9.17) is 10.5 Å². The summed E-state index contributed by atoms with van der Waals surface area (Å²) in [7, 11) is 0. The number of hydrogen-bond donors (Lipinski definition) is 1. The lowest BCUT2D eigenvalue weighted by molar-refractivity contribution is 0.306. The maximum atomic E-state index is 12.4. The van der Waals surface area contributed by atoms with Crippen LogP contribution in [-0.2, 0) is 13.2 Å². The largest absolute Gasteiger partial charge is 0.489 e. The predicted octanol–water partition coefficient (Wildman–Crippen LogP) is 5.02. The summed E-state index contributed by atoms with van der Waals surface area (Å²) in [5, 5.41) is 0. The third kappa shape index (κ3) is 4.68. The number of rotatable bonds is 4. The normalized spacial score (nSPS) is 14.1. The quantitative estimate of drug-likeness (QED) is 0.727. The van der Waals surface area contributed by atoms with Gasteiger partial charge in [-0.3, -0.25) is 0 Å². The van der Waals surface area contributed by atoms with Crippen LogP contribution in [0.25, 0.3) is 0 Å². The van der Waals surface area contributed by atoms with E-state index < -0.39 is 0 Å². The van der Waals surface area contributed by atoms with Gasteiger partial charge in [-0.15, -0.1) is 0 Å². The molecule has 2 nitrogen and oxygen atoms in total. The Bertz CT molecular complexity index is 832. The van der Waals surface area contributed by atoms with Gasteiger partial charge in [0.1, 0.15) is 18.2 Å². The molecule has 0 spiro atoms. The lowest BCUT2D eigenvalue weighted by atomic mass is 10.2. The average molecular weight is 335 g/mol. The van der Waals surface area contributed by atoms with Gasteiger partial charge in [0, 0.05) is 12.5 Å². The van der Waals surface area contributed by atoms with Crippen LogP contribution in [0.3, 0.4) is 0 Å². The highest BCUT2D eigenvalue weighted by Gasteiger charge is 2.27. The summed E-state index contributed by atoms with van der Waals surface area (Å²) in [5.41, 5.74) is 10.3. The van der Waals surface area contributed by atoms with Gasteiger partial charge in [0.2, 0.25) is 0 Å². The third-order valence-corrected chi connectivity index (χ3v) is 4.28. The molecule has 0 bridgehead atoms. The molecule has 0 amide bonds. The highest BCUT2D eigenvalue weighted by atomic mass is 19.1. The van der Waals surface area contributed by atoms with Crippen LogP contribution in [0.5, 0.6) is 5.75 Å². The van der Waals surface area contributed by atoms with Gasteiger partial charge in [0.25, 0.3) is 0 Å². The van der Waals surface area contributed by atoms with Crippen molar-refractivity contribution in [2.24, 2.45) is 5.73 Å². The molecular formula is C22H22FNO.